The second-order valence-corrected chi connectivity index (χ2v) is 6.41. The highest BCUT2D eigenvalue weighted by Gasteiger charge is 2.36. The number of hydrogen-bond donors (Lipinski definition) is 0. The molecule has 1 aromatic carbocycles. The fourth-order valence-electron chi connectivity index (χ4n) is 2.08. The molecule has 0 aliphatic heterocycles. The second-order valence-electron chi connectivity index (χ2n) is 5.12. The van der Waals surface area contributed by atoms with Gasteiger partial charge in [-0.3, -0.25) is 4.79 Å². The fourth-order valence-corrected chi connectivity index (χ4v) is 3.29. The summed E-state index contributed by atoms with van der Waals surface area (Å²) in [6.45, 7) is 9.71. The van der Waals surface area contributed by atoms with Crippen molar-refractivity contribution in [2.24, 2.45) is 0 Å². The molecule has 22 heavy (non-hydrogen) atoms. The monoisotopic (exact) mass is 340 g/mol. The van der Waals surface area contributed by atoms with E-state index in [-0.39, 0.29) is 25.1 Å². The first kappa shape index (κ1) is 19.0. The zero-order valence-corrected chi connectivity index (χ0v) is 15.5. The lowest BCUT2D eigenvalue weighted by atomic mass is 9.82. The first-order valence-electron chi connectivity index (χ1n) is 6.99. The molecule has 0 saturated heterocycles. The maximum atomic E-state index is 14.6. The van der Waals surface area contributed by atoms with Crippen molar-refractivity contribution in [1.29, 1.82) is 0 Å². The molecule has 0 spiro atoms. The largest absolute Gasteiger partial charge is 0.494 e. The number of hydrogen-bond acceptors (Lipinski definition) is 4. The molecule has 0 fully saturated rings. The smallest absolute Gasteiger partial charge is 0.229 e. The zero-order chi connectivity index (χ0) is 16.8. The van der Waals surface area contributed by atoms with Crippen LogP contribution < -0.4 is 4.74 Å². The van der Waals surface area contributed by atoms with Crippen molar-refractivity contribution in [1.82, 2.24) is 0 Å². The Hall–Kier alpha value is -1.03. The molecule has 0 N–H and O–H groups in total. The van der Waals surface area contributed by atoms with Crippen molar-refractivity contribution >= 4 is 25.8 Å². The van der Waals surface area contributed by atoms with Crippen molar-refractivity contribution < 1.29 is 22.8 Å². The summed E-state index contributed by atoms with van der Waals surface area (Å²) in [6.07, 6.45) is -0.0952. The van der Waals surface area contributed by atoms with Crippen LogP contribution in [0.15, 0.2) is 12.1 Å². The van der Waals surface area contributed by atoms with Crippen molar-refractivity contribution in [3.8, 4) is 5.75 Å². The Morgan fingerprint density at radius 3 is 2.32 bits per heavy atom. The van der Waals surface area contributed by atoms with Crippen LogP contribution >= 0.6 is 0 Å². The van der Waals surface area contributed by atoms with Crippen molar-refractivity contribution in [2.45, 2.75) is 45.6 Å². The molecular weight excluding hydrogens is 319 g/mol. The van der Waals surface area contributed by atoms with E-state index in [0.29, 0.717) is 24.2 Å². The van der Waals surface area contributed by atoms with E-state index in [1.165, 1.54) is 6.07 Å². The Bertz CT molecular complexity index is 503. The summed E-state index contributed by atoms with van der Waals surface area (Å²) in [5.41, 5.74) is -0.436. The van der Waals surface area contributed by atoms with Crippen LogP contribution in [0.2, 0.25) is 13.1 Å². The molecular formula is C15H21FO4Si2. The molecule has 4 radical (unpaired) electrons. The SMILES string of the molecule is CCOc1cc(C=O)c(F)c(C(C)(C)C(O[Si]C)O[Si]C)c1. The molecule has 0 atom stereocenters. The second kappa shape index (κ2) is 8.57. The molecule has 0 saturated carbocycles. The fraction of sp³-hybridized carbons (Fsp3) is 0.533. The highest BCUT2D eigenvalue weighted by Crippen LogP contribution is 2.35. The van der Waals surface area contributed by atoms with Crippen LogP contribution in [0.5, 0.6) is 5.75 Å². The standard InChI is InChI=1S/C15H21FO4Si2/c1-6-18-11-7-10(9-17)13(16)12(8-11)15(2,3)14(19-21-4)20-22-5/h7-9,14H,6H2,1-5H3. The minimum Gasteiger partial charge on any atom is -0.494 e. The van der Waals surface area contributed by atoms with Crippen LogP contribution in [0.4, 0.5) is 4.39 Å². The molecule has 7 heteroatoms. The maximum absolute atomic E-state index is 14.6. The summed E-state index contributed by atoms with van der Waals surface area (Å²) >= 11 is 0. The Kier molecular flexibility index (Phi) is 7.41. The Balaban J connectivity index is 3.36. The van der Waals surface area contributed by atoms with Crippen LogP contribution in [0, 0.1) is 5.82 Å². The number of rotatable bonds is 9. The van der Waals surface area contributed by atoms with E-state index in [1.807, 2.05) is 33.9 Å². The normalized spacial score (nSPS) is 11.8. The average Bonchev–Trinajstić information content (AvgIpc) is 2.48. The van der Waals surface area contributed by atoms with Gasteiger partial charge in [0.15, 0.2) is 6.29 Å². The van der Waals surface area contributed by atoms with E-state index in [4.69, 9.17) is 13.6 Å². The van der Waals surface area contributed by atoms with Crippen LogP contribution in [0.3, 0.4) is 0 Å². The average molecular weight is 340 g/mol. The molecule has 4 nitrogen and oxygen atoms in total. The number of ether oxygens (including phenoxy) is 1. The van der Waals surface area contributed by atoms with Crippen LogP contribution in [0.1, 0.15) is 36.7 Å². The molecule has 0 aliphatic carbocycles. The number of aldehydes is 1. The molecule has 0 heterocycles. The Labute approximate surface area is 136 Å². The lowest BCUT2D eigenvalue weighted by molar-refractivity contribution is -0.0444. The molecule has 0 unspecified atom stereocenters. The van der Waals surface area contributed by atoms with E-state index in [1.54, 1.807) is 6.07 Å². The number of carbonyl (C=O) groups is 1. The van der Waals surface area contributed by atoms with Gasteiger partial charge in [0.25, 0.3) is 0 Å². The maximum Gasteiger partial charge on any atom is 0.229 e. The highest BCUT2D eigenvalue weighted by atomic mass is 28.2. The molecule has 0 amide bonds. The summed E-state index contributed by atoms with van der Waals surface area (Å²) in [7, 11) is 0.429. The zero-order valence-electron chi connectivity index (χ0n) is 13.5. The van der Waals surface area contributed by atoms with Gasteiger partial charge in [-0.05, 0) is 32.2 Å². The topological polar surface area (TPSA) is 44.8 Å². The number of carbonyl (C=O) groups excluding carboxylic acids is 1. The highest BCUT2D eigenvalue weighted by molar-refractivity contribution is 6.26. The van der Waals surface area contributed by atoms with Gasteiger partial charge in [0, 0.05) is 11.0 Å². The third-order valence-corrected chi connectivity index (χ3v) is 4.15. The van der Waals surface area contributed by atoms with Gasteiger partial charge in [-0.1, -0.05) is 13.8 Å². The summed E-state index contributed by atoms with van der Waals surface area (Å²) < 4.78 is 31.4. The molecule has 1 rings (SSSR count). The van der Waals surface area contributed by atoms with E-state index in [0.717, 1.165) is 0 Å². The summed E-state index contributed by atoms with van der Waals surface area (Å²) in [6, 6.07) is 3.02. The van der Waals surface area contributed by atoms with Crippen LogP contribution in [-0.2, 0) is 14.3 Å². The third kappa shape index (κ3) is 4.25. The predicted molar refractivity (Wildman–Crippen MR) is 85.2 cm³/mol. The van der Waals surface area contributed by atoms with Gasteiger partial charge in [0.1, 0.15) is 17.9 Å². The van der Waals surface area contributed by atoms with Crippen molar-refractivity contribution in [3.63, 3.8) is 0 Å². The summed E-state index contributed by atoms with van der Waals surface area (Å²) in [5.74, 6) is -0.0924. The molecule has 0 aliphatic rings. The van der Waals surface area contributed by atoms with Gasteiger partial charge in [-0.25, -0.2) is 4.39 Å². The van der Waals surface area contributed by atoms with Crippen LogP contribution in [0.25, 0.3) is 0 Å². The molecule has 1 aromatic rings. The van der Waals surface area contributed by atoms with Crippen molar-refractivity contribution in [3.05, 3.63) is 29.1 Å². The lowest BCUT2D eigenvalue weighted by Crippen LogP contribution is -2.40. The van der Waals surface area contributed by atoms with Gasteiger partial charge in [-0.2, -0.15) is 0 Å². The minimum atomic E-state index is -0.763. The van der Waals surface area contributed by atoms with Gasteiger partial charge in [0.2, 0.25) is 19.5 Å². The van der Waals surface area contributed by atoms with E-state index in [9.17, 15) is 9.18 Å². The first-order chi connectivity index (χ1) is 10.4. The number of halogens is 1. The van der Waals surface area contributed by atoms with Gasteiger partial charge in [-0.15, -0.1) is 0 Å². The van der Waals surface area contributed by atoms with Gasteiger partial charge >= 0.3 is 0 Å². The molecule has 120 valence electrons. The summed E-state index contributed by atoms with van der Waals surface area (Å²) in [5, 5.41) is 0. The summed E-state index contributed by atoms with van der Waals surface area (Å²) in [4.78, 5) is 11.1. The minimum absolute atomic E-state index is 0.0225. The van der Waals surface area contributed by atoms with Crippen LogP contribution in [-0.4, -0.2) is 38.7 Å². The predicted octanol–water partition coefficient (Wildman–Crippen LogP) is 3.01. The molecule has 0 aromatic heterocycles. The number of benzene rings is 1. The van der Waals surface area contributed by atoms with E-state index in [2.05, 4.69) is 0 Å². The molecule has 0 bridgehead atoms. The Morgan fingerprint density at radius 1 is 1.27 bits per heavy atom. The van der Waals surface area contributed by atoms with Gasteiger partial charge < -0.3 is 13.6 Å². The van der Waals surface area contributed by atoms with E-state index >= 15 is 0 Å². The van der Waals surface area contributed by atoms with Crippen molar-refractivity contribution in [2.75, 3.05) is 6.61 Å². The third-order valence-electron chi connectivity index (χ3n) is 3.25. The van der Waals surface area contributed by atoms with E-state index < -0.39 is 17.5 Å². The Morgan fingerprint density at radius 2 is 1.86 bits per heavy atom. The quantitative estimate of drug-likeness (QED) is 0.394. The first-order valence-corrected chi connectivity index (χ1v) is 9.80. The lowest BCUT2D eigenvalue weighted by Gasteiger charge is -2.35. The van der Waals surface area contributed by atoms with Gasteiger partial charge in [0.05, 0.1) is 12.2 Å².